The summed E-state index contributed by atoms with van der Waals surface area (Å²) in [4.78, 5) is 6.80. The van der Waals surface area contributed by atoms with Gasteiger partial charge in [0.05, 0.1) is 0 Å². The van der Waals surface area contributed by atoms with Crippen LogP contribution < -0.4 is 5.32 Å². The van der Waals surface area contributed by atoms with Crippen LogP contribution in [0, 0.1) is 0 Å². The predicted octanol–water partition coefficient (Wildman–Crippen LogP) is 2.45. The Balaban J connectivity index is 2.75. The number of imidazole rings is 1. The number of aromatic nitrogens is 2. The highest BCUT2D eigenvalue weighted by molar-refractivity contribution is 4.98. The van der Waals surface area contributed by atoms with Crippen LogP contribution in [0.2, 0.25) is 0 Å². The van der Waals surface area contributed by atoms with Gasteiger partial charge >= 0.3 is 0 Å². The van der Waals surface area contributed by atoms with E-state index in [0.29, 0.717) is 6.04 Å². The molecule has 1 aromatic rings. The normalized spacial score (nSPS) is 16.4. The van der Waals surface area contributed by atoms with Crippen LogP contribution >= 0.6 is 0 Å². The molecule has 4 nitrogen and oxygen atoms in total. The van der Waals surface area contributed by atoms with Gasteiger partial charge in [-0.3, -0.25) is 0 Å². The van der Waals surface area contributed by atoms with E-state index in [1.807, 2.05) is 12.4 Å². The van der Waals surface area contributed by atoms with Crippen LogP contribution in [-0.2, 0) is 13.5 Å². The molecule has 0 amide bonds. The molecule has 0 saturated carbocycles. The van der Waals surface area contributed by atoms with Gasteiger partial charge in [-0.1, -0.05) is 13.8 Å². The molecule has 1 aromatic heterocycles. The molecule has 1 N–H and O–H groups in total. The molecule has 0 aliphatic carbocycles. The Labute approximate surface area is 124 Å². The van der Waals surface area contributed by atoms with Crippen molar-refractivity contribution in [1.82, 2.24) is 19.8 Å². The van der Waals surface area contributed by atoms with Crippen molar-refractivity contribution in [2.24, 2.45) is 7.05 Å². The average Bonchev–Trinajstić information content (AvgIpc) is 2.83. The summed E-state index contributed by atoms with van der Waals surface area (Å²) < 4.78 is 2.12. The van der Waals surface area contributed by atoms with Gasteiger partial charge in [-0.05, 0) is 46.8 Å². The van der Waals surface area contributed by atoms with Gasteiger partial charge in [0.2, 0.25) is 0 Å². The molecule has 116 valence electrons. The van der Waals surface area contributed by atoms with E-state index in [1.54, 1.807) is 0 Å². The standard InChI is InChI=1S/C16H32N4/c1-7-11-17-14(16(3,8-2)19(4)5)9-10-15-18-12-13-20(15)6/h12-14,17H,7-11H2,1-6H3. The fourth-order valence-electron chi connectivity index (χ4n) is 2.74. The third-order valence-electron chi connectivity index (χ3n) is 4.71. The first kappa shape index (κ1) is 17.2. The summed E-state index contributed by atoms with van der Waals surface area (Å²) in [5.74, 6) is 1.17. The topological polar surface area (TPSA) is 33.1 Å². The lowest BCUT2D eigenvalue weighted by Crippen LogP contribution is -2.57. The molecule has 0 fully saturated rings. The van der Waals surface area contributed by atoms with Crippen molar-refractivity contribution in [3.05, 3.63) is 18.2 Å². The Kier molecular flexibility index (Phi) is 6.69. The van der Waals surface area contributed by atoms with Gasteiger partial charge in [0.25, 0.3) is 0 Å². The van der Waals surface area contributed by atoms with Gasteiger partial charge in [-0.25, -0.2) is 4.98 Å². The minimum absolute atomic E-state index is 0.181. The lowest BCUT2D eigenvalue weighted by atomic mass is 9.85. The Morgan fingerprint density at radius 1 is 1.40 bits per heavy atom. The van der Waals surface area contributed by atoms with Crippen molar-refractivity contribution in [2.75, 3.05) is 20.6 Å². The molecule has 0 spiro atoms. The summed E-state index contributed by atoms with van der Waals surface area (Å²) in [6.07, 6.45) is 8.36. The molecule has 20 heavy (non-hydrogen) atoms. The fourth-order valence-corrected chi connectivity index (χ4v) is 2.74. The maximum Gasteiger partial charge on any atom is 0.108 e. The van der Waals surface area contributed by atoms with Gasteiger partial charge < -0.3 is 14.8 Å². The van der Waals surface area contributed by atoms with E-state index >= 15 is 0 Å². The molecule has 0 aliphatic heterocycles. The summed E-state index contributed by atoms with van der Waals surface area (Å²) in [5.41, 5.74) is 0.181. The number of nitrogens with one attached hydrogen (secondary N) is 1. The number of likely N-dealkylation sites (N-methyl/N-ethyl adjacent to an activating group) is 1. The first-order valence-electron chi connectivity index (χ1n) is 7.82. The third kappa shape index (κ3) is 4.06. The molecule has 0 saturated heterocycles. The van der Waals surface area contributed by atoms with E-state index in [-0.39, 0.29) is 5.54 Å². The van der Waals surface area contributed by atoms with Crippen molar-refractivity contribution < 1.29 is 0 Å². The highest BCUT2D eigenvalue weighted by atomic mass is 15.2. The van der Waals surface area contributed by atoms with E-state index in [4.69, 9.17) is 0 Å². The molecule has 1 heterocycles. The quantitative estimate of drug-likeness (QED) is 0.754. The average molecular weight is 280 g/mol. The Bertz CT molecular complexity index is 386. The Morgan fingerprint density at radius 2 is 2.10 bits per heavy atom. The molecule has 0 aliphatic rings. The van der Waals surface area contributed by atoms with Crippen LogP contribution in [0.15, 0.2) is 12.4 Å². The molecule has 1 rings (SSSR count). The van der Waals surface area contributed by atoms with Crippen molar-refractivity contribution in [1.29, 1.82) is 0 Å². The SMILES string of the molecule is CCCNC(CCc1nccn1C)C(C)(CC)N(C)C. The van der Waals surface area contributed by atoms with Crippen molar-refractivity contribution >= 4 is 0 Å². The number of hydrogen-bond donors (Lipinski definition) is 1. The first-order chi connectivity index (χ1) is 9.45. The molecule has 0 bridgehead atoms. The number of nitrogens with zero attached hydrogens (tertiary/aromatic N) is 3. The first-order valence-corrected chi connectivity index (χ1v) is 7.82. The van der Waals surface area contributed by atoms with Gasteiger partial charge in [-0.15, -0.1) is 0 Å². The molecule has 0 radical (unpaired) electrons. The highest BCUT2D eigenvalue weighted by Crippen LogP contribution is 2.24. The largest absolute Gasteiger partial charge is 0.338 e. The van der Waals surface area contributed by atoms with Crippen LogP contribution in [0.1, 0.15) is 45.9 Å². The van der Waals surface area contributed by atoms with Gasteiger partial charge in [0, 0.05) is 37.4 Å². The number of aryl methyl sites for hydroxylation is 2. The lowest BCUT2D eigenvalue weighted by Gasteiger charge is -2.43. The molecular weight excluding hydrogens is 248 g/mol. The molecule has 2 unspecified atom stereocenters. The van der Waals surface area contributed by atoms with E-state index < -0.39 is 0 Å². The minimum atomic E-state index is 0.181. The van der Waals surface area contributed by atoms with E-state index in [1.165, 1.54) is 12.2 Å². The summed E-state index contributed by atoms with van der Waals surface area (Å²) in [5, 5.41) is 3.75. The molecule has 2 atom stereocenters. The Morgan fingerprint density at radius 3 is 2.55 bits per heavy atom. The van der Waals surface area contributed by atoms with E-state index in [0.717, 1.165) is 25.8 Å². The maximum atomic E-state index is 4.44. The highest BCUT2D eigenvalue weighted by Gasteiger charge is 2.34. The van der Waals surface area contributed by atoms with Crippen LogP contribution in [0.4, 0.5) is 0 Å². The second-order valence-electron chi connectivity index (χ2n) is 6.10. The zero-order valence-electron chi connectivity index (χ0n) is 14.1. The van der Waals surface area contributed by atoms with Crippen molar-refractivity contribution in [2.45, 2.75) is 58.0 Å². The van der Waals surface area contributed by atoms with Gasteiger partial charge in [0.1, 0.15) is 5.82 Å². The summed E-state index contributed by atoms with van der Waals surface area (Å²) >= 11 is 0. The van der Waals surface area contributed by atoms with Crippen LogP contribution in [0.3, 0.4) is 0 Å². The van der Waals surface area contributed by atoms with Crippen molar-refractivity contribution in [3.63, 3.8) is 0 Å². The predicted molar refractivity (Wildman–Crippen MR) is 86.0 cm³/mol. The third-order valence-corrected chi connectivity index (χ3v) is 4.71. The van der Waals surface area contributed by atoms with Crippen molar-refractivity contribution in [3.8, 4) is 0 Å². The summed E-state index contributed by atoms with van der Waals surface area (Å²) in [6.45, 7) is 7.94. The zero-order valence-corrected chi connectivity index (χ0v) is 14.1. The van der Waals surface area contributed by atoms with E-state index in [9.17, 15) is 0 Å². The number of hydrogen-bond acceptors (Lipinski definition) is 3. The van der Waals surface area contributed by atoms with Gasteiger partial charge in [0.15, 0.2) is 0 Å². The minimum Gasteiger partial charge on any atom is -0.338 e. The smallest absolute Gasteiger partial charge is 0.108 e. The fraction of sp³-hybridized carbons (Fsp3) is 0.812. The zero-order chi connectivity index (χ0) is 15.2. The second-order valence-corrected chi connectivity index (χ2v) is 6.10. The van der Waals surface area contributed by atoms with Crippen LogP contribution in [-0.4, -0.2) is 46.7 Å². The summed E-state index contributed by atoms with van der Waals surface area (Å²) in [6, 6.07) is 0.485. The lowest BCUT2D eigenvalue weighted by molar-refractivity contribution is 0.107. The molecule has 4 heteroatoms. The van der Waals surface area contributed by atoms with Crippen LogP contribution in [0.5, 0.6) is 0 Å². The van der Waals surface area contributed by atoms with Crippen LogP contribution in [0.25, 0.3) is 0 Å². The monoisotopic (exact) mass is 280 g/mol. The van der Waals surface area contributed by atoms with Gasteiger partial charge in [-0.2, -0.15) is 0 Å². The number of rotatable bonds is 9. The second kappa shape index (κ2) is 7.79. The molecular formula is C16H32N4. The summed E-state index contributed by atoms with van der Waals surface area (Å²) in [7, 11) is 6.44. The molecule has 0 aromatic carbocycles. The Hall–Kier alpha value is -0.870. The van der Waals surface area contributed by atoms with E-state index in [2.05, 4.69) is 61.7 Å². The maximum absolute atomic E-state index is 4.44.